The summed E-state index contributed by atoms with van der Waals surface area (Å²) >= 11 is 0. The summed E-state index contributed by atoms with van der Waals surface area (Å²) in [5, 5.41) is 6.07. The lowest BCUT2D eigenvalue weighted by molar-refractivity contribution is 0.142. The highest BCUT2D eigenvalue weighted by Gasteiger charge is 2.34. The Balaban J connectivity index is 1.96. The second-order valence-corrected chi connectivity index (χ2v) is 9.34. The SMILES string of the molecule is COc1cc2c(cc1OC)[C@@H]([C@@H](C)NC(=O)NC(C)(C)C)N(Cc1cccc(F)c1)CC2. The van der Waals surface area contributed by atoms with Crippen molar-refractivity contribution in [3.63, 3.8) is 0 Å². The van der Waals surface area contributed by atoms with Crippen LogP contribution in [0.5, 0.6) is 11.5 Å². The van der Waals surface area contributed by atoms with Gasteiger partial charge in [-0.25, -0.2) is 9.18 Å². The van der Waals surface area contributed by atoms with Crippen molar-refractivity contribution >= 4 is 6.03 Å². The van der Waals surface area contributed by atoms with E-state index in [9.17, 15) is 9.18 Å². The lowest BCUT2D eigenvalue weighted by Gasteiger charge is -2.41. The van der Waals surface area contributed by atoms with Gasteiger partial charge < -0.3 is 20.1 Å². The van der Waals surface area contributed by atoms with Gasteiger partial charge in [-0.2, -0.15) is 0 Å². The van der Waals surface area contributed by atoms with Gasteiger partial charge >= 0.3 is 6.03 Å². The molecule has 0 spiro atoms. The minimum absolute atomic E-state index is 0.118. The number of fused-ring (bicyclic) bond motifs is 1. The monoisotopic (exact) mass is 443 g/mol. The second kappa shape index (κ2) is 9.77. The van der Waals surface area contributed by atoms with E-state index in [0.29, 0.717) is 18.0 Å². The van der Waals surface area contributed by atoms with Gasteiger partial charge in [0.25, 0.3) is 0 Å². The first-order chi connectivity index (χ1) is 15.1. The lowest BCUT2D eigenvalue weighted by atomic mass is 9.87. The Bertz CT molecular complexity index is 958. The zero-order chi connectivity index (χ0) is 23.5. The smallest absolute Gasteiger partial charge is 0.315 e. The van der Waals surface area contributed by atoms with Crippen molar-refractivity contribution in [2.45, 2.75) is 58.3 Å². The maximum atomic E-state index is 13.8. The maximum absolute atomic E-state index is 13.8. The number of benzene rings is 2. The summed E-state index contributed by atoms with van der Waals surface area (Å²) < 4.78 is 24.9. The van der Waals surface area contributed by atoms with E-state index >= 15 is 0 Å². The highest BCUT2D eigenvalue weighted by molar-refractivity contribution is 5.75. The van der Waals surface area contributed by atoms with Gasteiger partial charge in [-0.1, -0.05) is 12.1 Å². The third kappa shape index (κ3) is 5.71. The third-order valence-electron chi connectivity index (χ3n) is 5.62. The summed E-state index contributed by atoms with van der Waals surface area (Å²) in [5.41, 5.74) is 2.79. The van der Waals surface area contributed by atoms with Crippen LogP contribution in [0.15, 0.2) is 36.4 Å². The van der Waals surface area contributed by atoms with E-state index in [1.54, 1.807) is 26.4 Å². The van der Waals surface area contributed by atoms with Gasteiger partial charge in [0.1, 0.15) is 5.82 Å². The topological polar surface area (TPSA) is 62.8 Å². The van der Waals surface area contributed by atoms with E-state index in [2.05, 4.69) is 15.5 Å². The van der Waals surface area contributed by atoms with Crippen LogP contribution in [0.2, 0.25) is 0 Å². The Labute approximate surface area is 190 Å². The first-order valence-electron chi connectivity index (χ1n) is 10.9. The van der Waals surface area contributed by atoms with Gasteiger partial charge in [0, 0.05) is 24.7 Å². The molecule has 32 heavy (non-hydrogen) atoms. The largest absolute Gasteiger partial charge is 0.493 e. The lowest BCUT2D eigenvalue weighted by Crippen LogP contribution is -2.53. The number of methoxy groups -OCH3 is 2. The molecule has 7 heteroatoms. The normalized spacial score (nSPS) is 17.3. The van der Waals surface area contributed by atoms with E-state index in [4.69, 9.17) is 9.47 Å². The molecule has 2 aromatic rings. The summed E-state index contributed by atoms with van der Waals surface area (Å²) in [7, 11) is 3.24. The van der Waals surface area contributed by atoms with Gasteiger partial charge in [-0.15, -0.1) is 0 Å². The molecule has 0 radical (unpaired) electrons. The molecular formula is C25H34FN3O3. The molecule has 6 nitrogen and oxygen atoms in total. The van der Waals surface area contributed by atoms with Gasteiger partial charge in [0.2, 0.25) is 0 Å². The molecule has 3 rings (SSSR count). The van der Waals surface area contributed by atoms with Crippen LogP contribution in [-0.4, -0.2) is 43.3 Å². The van der Waals surface area contributed by atoms with E-state index in [1.807, 2.05) is 45.9 Å². The molecular weight excluding hydrogens is 409 g/mol. The summed E-state index contributed by atoms with van der Waals surface area (Å²) in [6, 6.07) is 10.1. The molecule has 1 aliphatic heterocycles. The van der Waals surface area contributed by atoms with Crippen molar-refractivity contribution in [3.05, 3.63) is 58.9 Å². The number of halogens is 1. The minimum Gasteiger partial charge on any atom is -0.493 e. The number of nitrogens with zero attached hydrogens (tertiary/aromatic N) is 1. The zero-order valence-electron chi connectivity index (χ0n) is 19.8. The Morgan fingerprint density at radius 3 is 2.50 bits per heavy atom. The summed E-state index contributed by atoms with van der Waals surface area (Å²) in [4.78, 5) is 14.9. The summed E-state index contributed by atoms with van der Waals surface area (Å²) in [6.07, 6.45) is 0.822. The Morgan fingerprint density at radius 1 is 1.19 bits per heavy atom. The predicted octanol–water partition coefficient (Wildman–Crippen LogP) is 4.43. The van der Waals surface area contributed by atoms with E-state index in [1.165, 1.54) is 6.07 Å². The molecule has 1 aliphatic rings. The molecule has 0 saturated heterocycles. The highest BCUT2D eigenvalue weighted by Crippen LogP contribution is 2.40. The average Bonchev–Trinajstić information content (AvgIpc) is 2.71. The highest BCUT2D eigenvalue weighted by atomic mass is 19.1. The van der Waals surface area contributed by atoms with Crippen LogP contribution >= 0.6 is 0 Å². The molecule has 2 amide bonds. The summed E-state index contributed by atoms with van der Waals surface area (Å²) in [6.45, 7) is 9.18. The van der Waals surface area contributed by atoms with Crippen LogP contribution in [0, 0.1) is 5.82 Å². The number of amides is 2. The molecule has 1 heterocycles. The molecule has 0 aromatic heterocycles. The number of nitrogens with one attached hydrogen (secondary N) is 2. The van der Waals surface area contributed by atoms with Crippen molar-refractivity contribution in [3.8, 4) is 11.5 Å². The fourth-order valence-corrected chi connectivity index (χ4v) is 4.32. The van der Waals surface area contributed by atoms with Gasteiger partial charge in [0.05, 0.1) is 20.3 Å². The number of hydrogen-bond donors (Lipinski definition) is 2. The molecule has 0 fully saturated rings. The van der Waals surface area contributed by atoms with Gasteiger partial charge in [-0.05, 0) is 75.1 Å². The van der Waals surface area contributed by atoms with Crippen LogP contribution in [-0.2, 0) is 13.0 Å². The van der Waals surface area contributed by atoms with E-state index in [-0.39, 0.29) is 29.5 Å². The number of rotatable bonds is 6. The van der Waals surface area contributed by atoms with Crippen LogP contribution in [0.4, 0.5) is 9.18 Å². The molecule has 2 atom stereocenters. The molecule has 0 bridgehead atoms. The van der Waals surface area contributed by atoms with Crippen molar-refractivity contribution < 1.29 is 18.7 Å². The quantitative estimate of drug-likeness (QED) is 0.693. The third-order valence-corrected chi connectivity index (χ3v) is 5.62. The Kier molecular flexibility index (Phi) is 7.29. The molecule has 2 aromatic carbocycles. The van der Waals surface area contributed by atoms with E-state index < -0.39 is 0 Å². The number of carbonyl (C=O) groups is 1. The molecule has 174 valence electrons. The predicted molar refractivity (Wildman–Crippen MR) is 124 cm³/mol. The van der Waals surface area contributed by atoms with Crippen LogP contribution < -0.4 is 20.1 Å². The van der Waals surface area contributed by atoms with Crippen molar-refractivity contribution in [2.24, 2.45) is 0 Å². The van der Waals surface area contributed by atoms with Crippen molar-refractivity contribution in [1.82, 2.24) is 15.5 Å². The number of urea groups is 1. The molecule has 0 saturated carbocycles. The summed E-state index contributed by atoms with van der Waals surface area (Å²) in [5.74, 6) is 1.09. The number of ether oxygens (including phenoxy) is 2. The van der Waals surface area contributed by atoms with Crippen LogP contribution in [0.1, 0.15) is 50.4 Å². The van der Waals surface area contributed by atoms with Crippen LogP contribution in [0.3, 0.4) is 0 Å². The first-order valence-corrected chi connectivity index (χ1v) is 10.9. The Morgan fingerprint density at radius 2 is 1.88 bits per heavy atom. The number of carbonyl (C=O) groups excluding carboxylic acids is 1. The molecule has 2 N–H and O–H groups in total. The Hall–Kier alpha value is -2.80. The average molecular weight is 444 g/mol. The van der Waals surface area contributed by atoms with Crippen molar-refractivity contribution in [2.75, 3.05) is 20.8 Å². The zero-order valence-corrected chi connectivity index (χ0v) is 19.8. The molecule has 0 unspecified atom stereocenters. The minimum atomic E-state index is -0.341. The van der Waals surface area contributed by atoms with E-state index in [0.717, 1.165) is 29.7 Å². The van der Waals surface area contributed by atoms with Crippen molar-refractivity contribution in [1.29, 1.82) is 0 Å². The fourth-order valence-electron chi connectivity index (χ4n) is 4.32. The fraction of sp³-hybridized carbons (Fsp3) is 0.480. The maximum Gasteiger partial charge on any atom is 0.315 e. The van der Waals surface area contributed by atoms with Crippen LogP contribution in [0.25, 0.3) is 0 Å². The standard InChI is InChI=1S/C25H34FN3O3/c1-16(27-24(30)28-25(2,3)4)23-20-14-22(32-6)21(31-5)13-18(20)10-11-29(23)15-17-8-7-9-19(26)12-17/h7-9,12-14,16,23H,10-11,15H2,1-6H3,(H2,27,28,30)/t16-,23-/m1/s1. The van der Waals surface area contributed by atoms with Gasteiger partial charge in [0.15, 0.2) is 11.5 Å². The van der Waals surface area contributed by atoms with Gasteiger partial charge in [-0.3, -0.25) is 4.90 Å². The number of hydrogen-bond acceptors (Lipinski definition) is 4. The second-order valence-electron chi connectivity index (χ2n) is 9.34. The first kappa shape index (κ1) is 23.9. The molecule has 0 aliphatic carbocycles.